The van der Waals surface area contributed by atoms with Gasteiger partial charge in [-0.25, -0.2) is 9.67 Å². The quantitative estimate of drug-likeness (QED) is 0.504. The van der Waals surface area contributed by atoms with Gasteiger partial charge in [0.1, 0.15) is 5.82 Å². The highest BCUT2D eigenvalue weighted by Gasteiger charge is 2.27. The number of carbonyl (C=O) groups is 1. The molecule has 0 aliphatic heterocycles. The van der Waals surface area contributed by atoms with E-state index in [2.05, 4.69) is 9.97 Å². The number of amides is 1. The van der Waals surface area contributed by atoms with E-state index in [1.807, 2.05) is 47.1 Å². The third kappa shape index (κ3) is 3.70. The summed E-state index contributed by atoms with van der Waals surface area (Å²) in [6.07, 6.45) is 5.05. The molecule has 1 amide bonds. The summed E-state index contributed by atoms with van der Waals surface area (Å²) in [5.74, 6) is 0.298. The molecule has 0 radical (unpaired) electrons. The number of nitrogens with one attached hydrogen (secondary N) is 1. The second-order valence-electron chi connectivity index (χ2n) is 8.27. The zero-order valence-electron chi connectivity index (χ0n) is 18.0. The molecule has 0 unspecified atom stereocenters. The van der Waals surface area contributed by atoms with E-state index >= 15 is 0 Å². The molecule has 2 aromatic heterocycles. The van der Waals surface area contributed by atoms with Gasteiger partial charge in [-0.15, -0.1) is 0 Å². The van der Waals surface area contributed by atoms with Crippen LogP contribution in [0, 0.1) is 0 Å². The fourth-order valence-corrected chi connectivity index (χ4v) is 4.42. The molecule has 0 saturated carbocycles. The van der Waals surface area contributed by atoms with Crippen molar-refractivity contribution >= 4 is 16.8 Å². The van der Waals surface area contributed by atoms with E-state index < -0.39 is 0 Å². The van der Waals surface area contributed by atoms with E-state index in [-0.39, 0.29) is 18.0 Å². The molecule has 32 heavy (non-hydrogen) atoms. The normalized spacial score (nSPS) is 13.5. The van der Waals surface area contributed by atoms with Crippen LogP contribution in [0.1, 0.15) is 46.8 Å². The molecule has 0 bridgehead atoms. The fraction of sp³-hybridized carbons (Fsp3) is 0.280. The molecule has 1 aliphatic rings. The van der Waals surface area contributed by atoms with Crippen LogP contribution in [-0.4, -0.2) is 37.6 Å². The molecule has 0 spiro atoms. The highest BCUT2D eigenvalue weighted by molar-refractivity contribution is 5.94. The van der Waals surface area contributed by atoms with Crippen molar-refractivity contribution in [1.29, 1.82) is 0 Å². The number of aromatic nitrogens is 4. The van der Waals surface area contributed by atoms with Gasteiger partial charge in [0.15, 0.2) is 5.69 Å². The van der Waals surface area contributed by atoms with Crippen molar-refractivity contribution in [3.05, 3.63) is 87.7 Å². The van der Waals surface area contributed by atoms with Gasteiger partial charge in [-0.05, 0) is 49.9 Å². The summed E-state index contributed by atoms with van der Waals surface area (Å²) in [6, 6.07) is 17.2. The van der Waals surface area contributed by atoms with E-state index in [0.29, 0.717) is 22.4 Å². The molecule has 4 aromatic rings. The Hall–Kier alpha value is -3.74. The molecule has 2 heterocycles. The lowest BCUT2D eigenvalue weighted by Crippen LogP contribution is -2.29. The molecular weight excluding hydrogens is 402 g/mol. The smallest absolute Gasteiger partial charge is 0.274 e. The van der Waals surface area contributed by atoms with Gasteiger partial charge in [-0.2, -0.15) is 5.10 Å². The predicted molar refractivity (Wildman–Crippen MR) is 123 cm³/mol. The number of carbonyl (C=O) groups excluding carboxylic acids is 1. The third-order valence-corrected chi connectivity index (χ3v) is 6.03. The summed E-state index contributed by atoms with van der Waals surface area (Å²) in [7, 11) is 1.72. The van der Waals surface area contributed by atoms with Gasteiger partial charge in [0, 0.05) is 18.3 Å². The Morgan fingerprint density at radius 1 is 1.03 bits per heavy atom. The second kappa shape index (κ2) is 8.42. The highest BCUT2D eigenvalue weighted by atomic mass is 16.2. The first kappa shape index (κ1) is 20.2. The lowest BCUT2D eigenvalue weighted by atomic mass is 10.1. The molecule has 162 valence electrons. The Balaban J connectivity index is 1.49. The van der Waals surface area contributed by atoms with Crippen molar-refractivity contribution < 1.29 is 4.79 Å². The number of hydrogen-bond acceptors (Lipinski definition) is 4. The van der Waals surface area contributed by atoms with Crippen LogP contribution in [0.25, 0.3) is 16.6 Å². The van der Waals surface area contributed by atoms with Crippen LogP contribution in [0.2, 0.25) is 0 Å². The lowest BCUT2D eigenvalue weighted by molar-refractivity contribution is 0.0774. The molecule has 1 aliphatic carbocycles. The summed E-state index contributed by atoms with van der Waals surface area (Å²) in [5.41, 5.74) is 4.05. The lowest BCUT2D eigenvalue weighted by Gasteiger charge is -2.16. The standard InChI is InChI=1S/C25H25N5O2/c1-29(16-22-26-20-14-9-8-12-18(20)24(31)27-22)25(32)23-19-13-6-3-7-15-21(19)30(28-23)17-10-4-2-5-11-17/h2,4-5,8-12,14H,3,6-7,13,15-16H2,1H3,(H,26,27,31). The van der Waals surface area contributed by atoms with Crippen LogP contribution in [0.3, 0.4) is 0 Å². The van der Waals surface area contributed by atoms with Crippen LogP contribution < -0.4 is 5.56 Å². The third-order valence-electron chi connectivity index (χ3n) is 6.03. The van der Waals surface area contributed by atoms with E-state index in [1.54, 1.807) is 24.1 Å². The highest BCUT2D eigenvalue weighted by Crippen LogP contribution is 2.27. The predicted octanol–water partition coefficient (Wildman–Crippen LogP) is 3.65. The first-order valence-corrected chi connectivity index (χ1v) is 11.0. The van der Waals surface area contributed by atoms with E-state index in [4.69, 9.17) is 5.10 Å². The molecule has 1 N–H and O–H groups in total. The van der Waals surface area contributed by atoms with E-state index in [9.17, 15) is 9.59 Å². The largest absolute Gasteiger partial charge is 0.333 e. The average molecular weight is 428 g/mol. The minimum absolute atomic E-state index is 0.159. The zero-order chi connectivity index (χ0) is 22.1. The molecular formula is C25H25N5O2. The van der Waals surface area contributed by atoms with E-state index in [0.717, 1.165) is 49.0 Å². The van der Waals surface area contributed by atoms with Crippen LogP contribution in [-0.2, 0) is 19.4 Å². The van der Waals surface area contributed by atoms with Gasteiger partial charge in [0.2, 0.25) is 0 Å². The van der Waals surface area contributed by atoms with E-state index in [1.165, 1.54) is 0 Å². The summed E-state index contributed by atoms with van der Waals surface area (Å²) in [5, 5.41) is 5.31. The Morgan fingerprint density at radius 3 is 2.62 bits per heavy atom. The van der Waals surface area contributed by atoms with Crippen molar-refractivity contribution in [2.75, 3.05) is 7.05 Å². The maximum atomic E-state index is 13.5. The molecule has 5 rings (SSSR count). The van der Waals surface area contributed by atoms with Gasteiger partial charge < -0.3 is 9.88 Å². The van der Waals surface area contributed by atoms with Crippen LogP contribution in [0.5, 0.6) is 0 Å². The summed E-state index contributed by atoms with van der Waals surface area (Å²) in [6.45, 7) is 0.200. The molecule has 2 aromatic carbocycles. The number of aromatic amines is 1. The number of H-pyrrole nitrogens is 1. The van der Waals surface area contributed by atoms with Crippen LogP contribution in [0.4, 0.5) is 0 Å². The molecule has 0 saturated heterocycles. The van der Waals surface area contributed by atoms with Gasteiger partial charge in [-0.1, -0.05) is 36.8 Å². The summed E-state index contributed by atoms with van der Waals surface area (Å²) in [4.78, 5) is 34.8. The number of hydrogen-bond donors (Lipinski definition) is 1. The summed E-state index contributed by atoms with van der Waals surface area (Å²) >= 11 is 0. The number of fused-ring (bicyclic) bond motifs is 2. The Bertz CT molecular complexity index is 1340. The minimum Gasteiger partial charge on any atom is -0.333 e. The Labute approximate surface area is 185 Å². The molecule has 7 nitrogen and oxygen atoms in total. The maximum Gasteiger partial charge on any atom is 0.274 e. The maximum absolute atomic E-state index is 13.5. The molecule has 0 atom stereocenters. The SMILES string of the molecule is CN(Cc1nc2ccccc2c(=O)[nH]1)C(=O)c1nn(-c2ccccc2)c2c1CCCCC2. The van der Waals surface area contributed by atoms with Crippen molar-refractivity contribution in [3.8, 4) is 5.69 Å². The summed E-state index contributed by atoms with van der Waals surface area (Å²) < 4.78 is 1.93. The van der Waals surface area contributed by atoms with Crippen molar-refractivity contribution in [1.82, 2.24) is 24.6 Å². The minimum atomic E-state index is -0.200. The van der Waals surface area contributed by atoms with Crippen molar-refractivity contribution in [2.45, 2.75) is 38.6 Å². The van der Waals surface area contributed by atoms with Gasteiger partial charge >= 0.3 is 0 Å². The number of benzene rings is 2. The topological polar surface area (TPSA) is 83.9 Å². The molecule has 0 fully saturated rings. The van der Waals surface area contributed by atoms with Crippen molar-refractivity contribution in [2.24, 2.45) is 0 Å². The van der Waals surface area contributed by atoms with Crippen LogP contribution >= 0.6 is 0 Å². The van der Waals surface area contributed by atoms with Gasteiger partial charge in [0.25, 0.3) is 11.5 Å². The second-order valence-corrected chi connectivity index (χ2v) is 8.27. The molecule has 7 heteroatoms. The number of para-hydroxylation sites is 2. The number of rotatable bonds is 4. The Morgan fingerprint density at radius 2 is 1.78 bits per heavy atom. The average Bonchev–Trinajstić information content (AvgIpc) is 2.99. The Kier molecular flexibility index (Phi) is 5.31. The van der Waals surface area contributed by atoms with Gasteiger partial charge in [0.05, 0.1) is 23.1 Å². The van der Waals surface area contributed by atoms with Crippen LogP contribution in [0.15, 0.2) is 59.4 Å². The van der Waals surface area contributed by atoms with Crippen molar-refractivity contribution in [3.63, 3.8) is 0 Å². The van der Waals surface area contributed by atoms with Gasteiger partial charge in [-0.3, -0.25) is 9.59 Å². The first-order chi connectivity index (χ1) is 15.6. The first-order valence-electron chi connectivity index (χ1n) is 11.0. The monoisotopic (exact) mass is 427 g/mol. The fourth-order valence-electron chi connectivity index (χ4n) is 4.42. The zero-order valence-corrected chi connectivity index (χ0v) is 18.0. The number of nitrogens with zero attached hydrogens (tertiary/aromatic N) is 4.